The van der Waals surface area contributed by atoms with Crippen LogP contribution >= 0.6 is 0 Å². The molecule has 0 spiro atoms. The van der Waals surface area contributed by atoms with Crippen molar-refractivity contribution in [1.29, 1.82) is 5.26 Å². The van der Waals surface area contributed by atoms with Crippen molar-refractivity contribution in [3.05, 3.63) is 0 Å². The molecule has 1 fully saturated rings. The Morgan fingerprint density at radius 2 is 2.46 bits per heavy atom. The third-order valence-corrected chi connectivity index (χ3v) is 2.44. The number of hydrogen-bond acceptors (Lipinski definition) is 3. The van der Waals surface area contributed by atoms with Gasteiger partial charge in [-0.25, -0.2) is 0 Å². The van der Waals surface area contributed by atoms with Gasteiger partial charge in [-0.1, -0.05) is 6.92 Å². The number of piperidine rings is 1. The number of aliphatic hydroxyl groups is 1. The van der Waals surface area contributed by atoms with Crippen LogP contribution in [-0.2, 0) is 4.79 Å². The van der Waals surface area contributed by atoms with E-state index in [-0.39, 0.29) is 24.3 Å². The number of likely N-dealkylation sites (tertiary alicyclic amines) is 1. The zero-order chi connectivity index (χ0) is 9.84. The van der Waals surface area contributed by atoms with Gasteiger partial charge in [0.2, 0.25) is 5.91 Å². The monoisotopic (exact) mass is 182 g/mol. The first-order valence-corrected chi connectivity index (χ1v) is 4.48. The molecule has 0 aliphatic carbocycles. The minimum atomic E-state index is -0.300. The summed E-state index contributed by atoms with van der Waals surface area (Å²) in [5, 5.41) is 17.7. The lowest BCUT2D eigenvalue weighted by atomic mass is 9.96. The molecule has 0 radical (unpaired) electrons. The van der Waals surface area contributed by atoms with Gasteiger partial charge in [0.25, 0.3) is 0 Å². The molecule has 0 bridgehead atoms. The van der Waals surface area contributed by atoms with E-state index in [1.165, 1.54) is 0 Å². The average molecular weight is 182 g/mol. The van der Waals surface area contributed by atoms with Crippen LogP contribution in [0, 0.1) is 17.2 Å². The first-order chi connectivity index (χ1) is 6.15. The summed E-state index contributed by atoms with van der Waals surface area (Å²) in [5.41, 5.74) is 0. The van der Waals surface area contributed by atoms with Gasteiger partial charge in [-0.2, -0.15) is 5.26 Å². The van der Waals surface area contributed by atoms with Gasteiger partial charge in [-0.3, -0.25) is 4.79 Å². The van der Waals surface area contributed by atoms with Crippen molar-refractivity contribution in [2.75, 3.05) is 13.1 Å². The molecule has 0 saturated carbocycles. The number of carbonyl (C=O) groups excluding carboxylic acids is 1. The number of hydrogen-bond donors (Lipinski definition) is 1. The number of nitrogens with zero attached hydrogens (tertiary/aromatic N) is 2. The topological polar surface area (TPSA) is 64.3 Å². The molecule has 0 aromatic carbocycles. The van der Waals surface area contributed by atoms with E-state index in [0.717, 1.165) is 0 Å². The lowest BCUT2D eigenvalue weighted by Gasteiger charge is -2.33. The van der Waals surface area contributed by atoms with Crippen LogP contribution in [0.3, 0.4) is 0 Å². The number of amides is 1. The Bertz CT molecular complexity index is 234. The van der Waals surface area contributed by atoms with Crippen LogP contribution in [0.25, 0.3) is 0 Å². The van der Waals surface area contributed by atoms with Gasteiger partial charge in [-0.15, -0.1) is 0 Å². The van der Waals surface area contributed by atoms with Crippen LogP contribution < -0.4 is 0 Å². The standard InChI is InChI=1S/C9H14N2O2/c1-7-6-11(5-3-8(7)12)9(13)2-4-10/h7-8,12H,2-3,5-6H2,1H3/t7-,8+/m0/s1. The van der Waals surface area contributed by atoms with Crippen LogP contribution in [0.1, 0.15) is 19.8 Å². The quantitative estimate of drug-likeness (QED) is 0.627. The molecule has 13 heavy (non-hydrogen) atoms. The van der Waals surface area contributed by atoms with E-state index in [2.05, 4.69) is 0 Å². The number of aliphatic hydroxyl groups excluding tert-OH is 1. The molecule has 0 unspecified atom stereocenters. The van der Waals surface area contributed by atoms with Crippen LogP contribution in [0.5, 0.6) is 0 Å². The highest BCUT2D eigenvalue weighted by molar-refractivity contribution is 5.78. The molecule has 1 aliphatic rings. The van der Waals surface area contributed by atoms with Crippen molar-refractivity contribution in [3.63, 3.8) is 0 Å². The largest absolute Gasteiger partial charge is 0.393 e. The molecule has 72 valence electrons. The summed E-state index contributed by atoms with van der Waals surface area (Å²) in [6.07, 6.45) is 0.271. The van der Waals surface area contributed by atoms with Gasteiger partial charge >= 0.3 is 0 Å². The summed E-state index contributed by atoms with van der Waals surface area (Å²) in [4.78, 5) is 12.9. The van der Waals surface area contributed by atoms with Crippen molar-refractivity contribution in [3.8, 4) is 6.07 Å². The van der Waals surface area contributed by atoms with Gasteiger partial charge in [-0.05, 0) is 12.3 Å². The summed E-state index contributed by atoms with van der Waals surface area (Å²) in [7, 11) is 0. The molecule has 2 atom stereocenters. The normalized spacial score (nSPS) is 28.2. The van der Waals surface area contributed by atoms with Crippen molar-refractivity contribution in [1.82, 2.24) is 4.90 Å². The minimum Gasteiger partial charge on any atom is -0.393 e. The Morgan fingerprint density at radius 1 is 1.77 bits per heavy atom. The van der Waals surface area contributed by atoms with Gasteiger partial charge in [0.15, 0.2) is 0 Å². The Balaban J connectivity index is 2.46. The molecular weight excluding hydrogens is 168 g/mol. The lowest BCUT2D eigenvalue weighted by molar-refractivity contribution is -0.133. The third kappa shape index (κ3) is 2.43. The summed E-state index contributed by atoms with van der Waals surface area (Å²) >= 11 is 0. The number of rotatable bonds is 1. The molecular formula is C9H14N2O2. The molecule has 4 nitrogen and oxygen atoms in total. The highest BCUT2D eigenvalue weighted by Crippen LogP contribution is 2.16. The molecule has 0 aromatic heterocycles. The van der Waals surface area contributed by atoms with E-state index in [1.807, 2.05) is 13.0 Å². The second-order valence-corrected chi connectivity index (χ2v) is 3.51. The van der Waals surface area contributed by atoms with E-state index < -0.39 is 0 Å². The maximum atomic E-state index is 11.3. The fraction of sp³-hybridized carbons (Fsp3) is 0.778. The molecule has 4 heteroatoms. The third-order valence-electron chi connectivity index (χ3n) is 2.44. The van der Waals surface area contributed by atoms with Crippen LogP contribution in [0.4, 0.5) is 0 Å². The van der Waals surface area contributed by atoms with Crippen LogP contribution in [0.2, 0.25) is 0 Å². The van der Waals surface area contributed by atoms with E-state index in [0.29, 0.717) is 19.5 Å². The smallest absolute Gasteiger partial charge is 0.236 e. The predicted octanol–water partition coefficient (Wildman–Crippen LogP) is 0.129. The van der Waals surface area contributed by atoms with E-state index >= 15 is 0 Å². The van der Waals surface area contributed by atoms with E-state index in [9.17, 15) is 9.90 Å². The van der Waals surface area contributed by atoms with Gasteiger partial charge in [0.05, 0.1) is 12.2 Å². The summed E-state index contributed by atoms with van der Waals surface area (Å²) < 4.78 is 0. The highest BCUT2D eigenvalue weighted by Gasteiger charge is 2.26. The molecule has 1 amide bonds. The maximum absolute atomic E-state index is 11.3. The SMILES string of the molecule is C[C@H]1CN(C(=O)CC#N)CC[C@H]1O. The lowest BCUT2D eigenvalue weighted by Crippen LogP contribution is -2.44. The van der Waals surface area contributed by atoms with E-state index in [1.54, 1.807) is 4.90 Å². The first kappa shape index (κ1) is 10.0. The maximum Gasteiger partial charge on any atom is 0.236 e. The fourth-order valence-corrected chi connectivity index (χ4v) is 1.54. The van der Waals surface area contributed by atoms with Gasteiger partial charge < -0.3 is 10.0 Å². The van der Waals surface area contributed by atoms with Crippen LogP contribution in [-0.4, -0.2) is 35.1 Å². The molecule has 1 aliphatic heterocycles. The Labute approximate surface area is 77.8 Å². The Kier molecular flexibility index (Phi) is 3.26. The van der Waals surface area contributed by atoms with Crippen molar-refractivity contribution in [2.45, 2.75) is 25.9 Å². The molecule has 1 heterocycles. The van der Waals surface area contributed by atoms with Gasteiger partial charge in [0, 0.05) is 13.1 Å². The molecule has 0 aromatic rings. The van der Waals surface area contributed by atoms with Crippen LogP contribution in [0.15, 0.2) is 0 Å². The Morgan fingerprint density at radius 3 is 3.00 bits per heavy atom. The minimum absolute atomic E-state index is 0.0528. The van der Waals surface area contributed by atoms with Crippen molar-refractivity contribution >= 4 is 5.91 Å². The second-order valence-electron chi connectivity index (χ2n) is 3.51. The first-order valence-electron chi connectivity index (χ1n) is 4.48. The summed E-state index contributed by atoms with van der Waals surface area (Å²) in [6, 6.07) is 1.84. The zero-order valence-corrected chi connectivity index (χ0v) is 7.73. The van der Waals surface area contributed by atoms with Crippen molar-refractivity contribution < 1.29 is 9.90 Å². The average Bonchev–Trinajstić information content (AvgIpc) is 2.10. The van der Waals surface area contributed by atoms with Gasteiger partial charge in [0.1, 0.15) is 6.42 Å². The molecule has 1 N–H and O–H groups in total. The zero-order valence-electron chi connectivity index (χ0n) is 7.73. The highest BCUT2D eigenvalue weighted by atomic mass is 16.3. The second kappa shape index (κ2) is 4.24. The summed E-state index contributed by atoms with van der Waals surface area (Å²) in [6.45, 7) is 3.06. The fourth-order valence-electron chi connectivity index (χ4n) is 1.54. The summed E-state index contributed by atoms with van der Waals surface area (Å²) in [5.74, 6) is -0.00218. The van der Waals surface area contributed by atoms with E-state index in [4.69, 9.17) is 5.26 Å². The number of carbonyl (C=O) groups is 1. The Hall–Kier alpha value is -1.08. The molecule has 1 rings (SSSR count). The number of nitriles is 1. The van der Waals surface area contributed by atoms with Crippen molar-refractivity contribution in [2.24, 2.45) is 5.92 Å². The molecule has 1 saturated heterocycles. The predicted molar refractivity (Wildman–Crippen MR) is 46.6 cm³/mol.